The van der Waals surface area contributed by atoms with Gasteiger partial charge in [-0.2, -0.15) is 18.4 Å². The van der Waals surface area contributed by atoms with Gasteiger partial charge < -0.3 is 4.90 Å². The van der Waals surface area contributed by atoms with Crippen molar-refractivity contribution in [2.75, 3.05) is 6.54 Å². The molecule has 160 valence electrons. The minimum Gasteiger partial charge on any atom is -0.366 e. The van der Waals surface area contributed by atoms with Gasteiger partial charge in [-0.1, -0.05) is 42.0 Å². The van der Waals surface area contributed by atoms with Gasteiger partial charge in [0.15, 0.2) is 5.78 Å². The van der Waals surface area contributed by atoms with Gasteiger partial charge in [-0.3, -0.25) is 4.79 Å². The van der Waals surface area contributed by atoms with E-state index >= 15 is 0 Å². The molecular weight excluding hydrogens is 410 g/mol. The number of nitrogens with one attached hydrogen (secondary N) is 1. The third-order valence-electron chi connectivity index (χ3n) is 6.45. The summed E-state index contributed by atoms with van der Waals surface area (Å²) in [5, 5.41) is 4.33. The van der Waals surface area contributed by atoms with Crippen molar-refractivity contribution in [2.45, 2.75) is 50.0 Å². The van der Waals surface area contributed by atoms with Crippen LogP contribution in [0.2, 0.25) is 0 Å². The predicted molar refractivity (Wildman–Crippen MR) is 119 cm³/mol. The van der Waals surface area contributed by atoms with Crippen molar-refractivity contribution >= 4 is 21.5 Å². The number of allylic oxidation sites excluding steroid dienone is 2. The van der Waals surface area contributed by atoms with E-state index in [1.165, 1.54) is 11.1 Å². The third kappa shape index (κ3) is 3.57. The summed E-state index contributed by atoms with van der Waals surface area (Å²) in [5.41, 5.74) is 5.73. The highest BCUT2D eigenvalue weighted by Gasteiger charge is 2.40. The van der Waals surface area contributed by atoms with Gasteiger partial charge in [-0.15, -0.1) is 0 Å². The fourth-order valence-corrected chi connectivity index (χ4v) is 5.74. The first-order chi connectivity index (χ1) is 14.9. The molecule has 0 fully saturated rings. The molecule has 1 N–H and O–H groups in total. The lowest BCUT2D eigenvalue weighted by molar-refractivity contribution is -0.115. The molecule has 5 rings (SSSR count). The number of hydrogen-bond acceptors (Lipinski definition) is 5. The molecule has 6 nitrogen and oxygen atoms in total. The average molecular weight is 436 g/mol. The van der Waals surface area contributed by atoms with Crippen LogP contribution in [-0.2, 0) is 21.2 Å². The van der Waals surface area contributed by atoms with E-state index < -0.39 is 10.0 Å². The molecule has 2 aromatic carbocycles. The van der Waals surface area contributed by atoms with E-state index in [4.69, 9.17) is 0 Å². The fourth-order valence-electron chi connectivity index (χ4n) is 4.91. The van der Waals surface area contributed by atoms with Gasteiger partial charge in [0.05, 0.1) is 22.2 Å². The van der Waals surface area contributed by atoms with Gasteiger partial charge in [0.25, 0.3) is 10.0 Å². The van der Waals surface area contributed by atoms with Crippen LogP contribution in [0.3, 0.4) is 0 Å². The Labute approximate surface area is 182 Å². The second-order valence-corrected chi connectivity index (χ2v) is 10.1. The Morgan fingerprint density at radius 1 is 1.03 bits per heavy atom. The Balaban J connectivity index is 1.54. The lowest BCUT2D eigenvalue weighted by Crippen LogP contribution is -2.43. The summed E-state index contributed by atoms with van der Waals surface area (Å²) in [6.07, 6.45) is 3.59. The molecule has 0 saturated heterocycles. The number of Topliss-reactive ketones (excluding diaryl/α,β-unsaturated/α-hetero) is 1. The molecule has 0 aromatic heterocycles. The van der Waals surface area contributed by atoms with E-state index in [2.05, 4.69) is 33.0 Å². The lowest BCUT2D eigenvalue weighted by Gasteiger charge is -2.45. The first kappa shape index (κ1) is 20.0. The molecular formula is C24H25N3O3S. The average Bonchev–Trinajstić information content (AvgIpc) is 2.77. The first-order valence-corrected chi connectivity index (χ1v) is 12.2. The van der Waals surface area contributed by atoms with Crippen molar-refractivity contribution in [2.24, 2.45) is 5.10 Å². The van der Waals surface area contributed by atoms with Crippen LogP contribution in [0.5, 0.6) is 0 Å². The molecule has 2 aliphatic heterocycles. The van der Waals surface area contributed by atoms with Crippen molar-refractivity contribution in [3.8, 4) is 0 Å². The highest BCUT2D eigenvalue weighted by molar-refractivity contribution is 7.89. The highest BCUT2D eigenvalue weighted by atomic mass is 32.2. The summed E-state index contributed by atoms with van der Waals surface area (Å²) in [6.45, 7) is 2.78. The summed E-state index contributed by atoms with van der Waals surface area (Å²) in [7, 11) is -3.81. The van der Waals surface area contributed by atoms with Crippen molar-refractivity contribution < 1.29 is 13.2 Å². The molecule has 1 atom stereocenters. The van der Waals surface area contributed by atoms with Crippen molar-refractivity contribution in [1.29, 1.82) is 0 Å². The molecule has 0 radical (unpaired) electrons. The SMILES string of the molecule is Cc1ccc(S(=O)(=O)N/N=C2\CC3c4ccccc4CCN3C3=C2C(=O)CCC3)cc1. The summed E-state index contributed by atoms with van der Waals surface area (Å²) < 4.78 is 25.6. The van der Waals surface area contributed by atoms with E-state index in [0.717, 1.165) is 37.1 Å². The molecule has 3 aliphatic rings. The number of carbonyl (C=O) groups excluding carboxylic acids is 1. The van der Waals surface area contributed by atoms with Crippen LogP contribution < -0.4 is 4.83 Å². The molecule has 2 heterocycles. The molecule has 1 aliphatic carbocycles. The molecule has 0 bridgehead atoms. The second-order valence-electron chi connectivity index (χ2n) is 8.43. The maximum atomic E-state index is 12.8. The number of aryl methyl sites for hydroxylation is 1. The number of hydrogen-bond donors (Lipinski definition) is 1. The Morgan fingerprint density at radius 2 is 1.81 bits per heavy atom. The van der Waals surface area contributed by atoms with E-state index in [1.807, 2.05) is 13.0 Å². The molecule has 0 amide bonds. The minimum absolute atomic E-state index is 0.0619. The van der Waals surface area contributed by atoms with Gasteiger partial charge >= 0.3 is 0 Å². The van der Waals surface area contributed by atoms with Crippen LogP contribution in [0, 0.1) is 6.92 Å². The topological polar surface area (TPSA) is 78.8 Å². The minimum atomic E-state index is -3.81. The predicted octanol–water partition coefficient (Wildman–Crippen LogP) is 3.64. The summed E-state index contributed by atoms with van der Waals surface area (Å²) >= 11 is 0. The summed E-state index contributed by atoms with van der Waals surface area (Å²) in [4.78, 5) is 17.7. The molecule has 1 unspecified atom stereocenters. The van der Waals surface area contributed by atoms with Crippen LogP contribution in [0.25, 0.3) is 0 Å². The molecule has 7 heteroatoms. The van der Waals surface area contributed by atoms with Crippen LogP contribution in [0.4, 0.5) is 0 Å². The Morgan fingerprint density at radius 3 is 2.61 bits per heavy atom. The zero-order chi connectivity index (χ0) is 21.6. The first-order valence-electron chi connectivity index (χ1n) is 10.7. The Bertz CT molecular complexity index is 1210. The van der Waals surface area contributed by atoms with Crippen LogP contribution in [0.15, 0.2) is 69.8 Å². The fraction of sp³-hybridized carbons (Fsp3) is 0.333. The number of fused-ring (bicyclic) bond motifs is 4. The monoisotopic (exact) mass is 435 g/mol. The van der Waals surface area contributed by atoms with Gasteiger partial charge in [0.2, 0.25) is 0 Å². The number of benzene rings is 2. The van der Waals surface area contributed by atoms with E-state index in [0.29, 0.717) is 24.1 Å². The van der Waals surface area contributed by atoms with Gasteiger partial charge in [-0.25, -0.2) is 0 Å². The number of sulfonamides is 1. The number of nitrogens with zero attached hydrogens (tertiary/aromatic N) is 2. The van der Waals surface area contributed by atoms with Gasteiger partial charge in [0.1, 0.15) is 0 Å². The van der Waals surface area contributed by atoms with Crippen LogP contribution in [-0.4, -0.2) is 31.4 Å². The lowest BCUT2D eigenvalue weighted by atomic mass is 9.79. The summed E-state index contributed by atoms with van der Waals surface area (Å²) in [6, 6.07) is 15.1. The van der Waals surface area contributed by atoms with Crippen LogP contribution in [0.1, 0.15) is 48.4 Å². The van der Waals surface area contributed by atoms with Crippen molar-refractivity contribution in [3.05, 3.63) is 76.5 Å². The normalized spacial score (nSPS) is 22.1. The number of hydrazone groups is 1. The number of rotatable bonds is 3. The Kier molecular flexibility index (Phi) is 4.93. The van der Waals surface area contributed by atoms with Gasteiger partial charge in [-0.05, 0) is 49.4 Å². The quantitative estimate of drug-likeness (QED) is 0.747. The van der Waals surface area contributed by atoms with Crippen LogP contribution >= 0.6 is 0 Å². The third-order valence-corrected chi connectivity index (χ3v) is 7.68. The molecule has 0 spiro atoms. The van der Waals surface area contributed by atoms with E-state index in [1.54, 1.807) is 24.3 Å². The number of ketones is 1. The number of carbonyl (C=O) groups is 1. The molecule has 0 saturated carbocycles. The highest BCUT2D eigenvalue weighted by Crippen LogP contribution is 2.43. The maximum absolute atomic E-state index is 12.8. The maximum Gasteiger partial charge on any atom is 0.276 e. The summed E-state index contributed by atoms with van der Waals surface area (Å²) in [5.74, 6) is 0.0619. The zero-order valence-corrected chi connectivity index (χ0v) is 18.3. The van der Waals surface area contributed by atoms with Crippen molar-refractivity contribution in [3.63, 3.8) is 0 Å². The van der Waals surface area contributed by atoms with Crippen molar-refractivity contribution in [1.82, 2.24) is 9.73 Å². The van der Waals surface area contributed by atoms with Gasteiger partial charge in [0, 0.05) is 25.1 Å². The zero-order valence-electron chi connectivity index (χ0n) is 17.5. The van der Waals surface area contributed by atoms with E-state index in [9.17, 15) is 13.2 Å². The largest absolute Gasteiger partial charge is 0.366 e. The molecule has 31 heavy (non-hydrogen) atoms. The molecule has 2 aromatic rings. The smallest absolute Gasteiger partial charge is 0.276 e. The standard InChI is InChI=1S/C24H25N3O3S/c1-16-9-11-18(12-10-16)31(29,30)26-25-20-15-22-19-6-3-2-5-17(19)13-14-27(22)21-7-4-8-23(28)24(20)21/h2-3,5-6,9-12,22,26H,4,7-8,13-15H2,1H3/b25-20+. The Hall–Kier alpha value is -2.93. The second kappa shape index (κ2) is 7.64. The van der Waals surface area contributed by atoms with E-state index in [-0.39, 0.29) is 16.7 Å².